The van der Waals surface area contributed by atoms with Crippen molar-refractivity contribution < 1.29 is 19.8 Å². The number of phenolic OH excluding ortho intramolecular Hbond substituents is 1. The highest BCUT2D eigenvalue weighted by atomic mass is 16.3. The molecule has 1 amide bonds. The minimum absolute atomic E-state index is 0.0873. The van der Waals surface area contributed by atoms with E-state index in [1.54, 1.807) is 50.2 Å². The lowest BCUT2D eigenvalue weighted by Gasteiger charge is -2.27. The number of carbonyl (C=O) groups excluding carboxylic acids is 2. The maximum Gasteiger partial charge on any atom is 0.294 e. The Morgan fingerprint density at radius 2 is 1.60 bits per heavy atom. The maximum atomic E-state index is 12.7. The van der Waals surface area contributed by atoms with Crippen LogP contribution in [0, 0.1) is 5.92 Å². The first-order valence-corrected chi connectivity index (χ1v) is 8.06. The van der Waals surface area contributed by atoms with Gasteiger partial charge in [0.05, 0.1) is 11.6 Å². The minimum atomic E-state index is -0.731. The van der Waals surface area contributed by atoms with E-state index < -0.39 is 17.7 Å². The molecule has 0 aromatic heterocycles. The molecule has 0 radical (unpaired) electrons. The Morgan fingerprint density at radius 3 is 2.16 bits per heavy atom. The molecule has 3 rings (SSSR count). The predicted molar refractivity (Wildman–Crippen MR) is 94.3 cm³/mol. The van der Waals surface area contributed by atoms with Gasteiger partial charge in [-0.15, -0.1) is 0 Å². The number of aromatic hydroxyl groups is 1. The fraction of sp³-hybridized carbons (Fsp3) is 0.200. The van der Waals surface area contributed by atoms with Crippen LogP contribution in [0.15, 0.2) is 65.9 Å². The highest BCUT2D eigenvalue weighted by Crippen LogP contribution is 2.41. The second-order valence-electron chi connectivity index (χ2n) is 6.29. The van der Waals surface area contributed by atoms with Gasteiger partial charge < -0.3 is 10.2 Å². The summed E-state index contributed by atoms with van der Waals surface area (Å²) in [5.74, 6) is -1.67. The van der Waals surface area contributed by atoms with Gasteiger partial charge in [0.15, 0.2) is 11.5 Å². The molecule has 2 aromatic rings. The number of benzene rings is 2. The summed E-state index contributed by atoms with van der Waals surface area (Å²) in [4.78, 5) is 26.8. The van der Waals surface area contributed by atoms with Gasteiger partial charge in [0.25, 0.3) is 5.91 Å². The zero-order valence-corrected chi connectivity index (χ0v) is 14.0. The normalized spacial score (nSPS) is 17.5. The fourth-order valence-electron chi connectivity index (χ4n) is 2.99. The molecule has 5 nitrogen and oxygen atoms in total. The van der Waals surface area contributed by atoms with Crippen molar-refractivity contribution in [2.24, 2.45) is 5.92 Å². The van der Waals surface area contributed by atoms with Crippen molar-refractivity contribution in [2.45, 2.75) is 19.9 Å². The van der Waals surface area contributed by atoms with Crippen LogP contribution >= 0.6 is 0 Å². The Labute approximate surface area is 145 Å². The third-order valence-electron chi connectivity index (χ3n) is 4.24. The summed E-state index contributed by atoms with van der Waals surface area (Å²) in [6.07, 6.45) is 0. The van der Waals surface area contributed by atoms with Crippen molar-refractivity contribution in [3.05, 3.63) is 71.5 Å². The summed E-state index contributed by atoms with van der Waals surface area (Å²) in [5, 5.41) is 20.0. The zero-order valence-electron chi connectivity index (χ0n) is 14.0. The number of aliphatic hydroxyl groups excluding tert-OH is 1. The number of hydrogen-bond acceptors (Lipinski definition) is 4. The van der Waals surface area contributed by atoms with E-state index in [4.69, 9.17) is 0 Å². The molecule has 1 aliphatic rings. The van der Waals surface area contributed by atoms with Gasteiger partial charge in [-0.25, -0.2) is 0 Å². The molecule has 1 heterocycles. The molecule has 5 heteroatoms. The average Bonchev–Trinajstić information content (AvgIpc) is 2.87. The summed E-state index contributed by atoms with van der Waals surface area (Å²) in [7, 11) is 0. The highest BCUT2D eigenvalue weighted by molar-refractivity contribution is 6.16. The van der Waals surface area contributed by atoms with Crippen LogP contribution in [-0.4, -0.2) is 21.9 Å². The molecule has 0 spiro atoms. The first-order chi connectivity index (χ1) is 11.9. The number of para-hydroxylation sites is 1. The standard InChI is InChI=1S/C20H19NO4/c1-12(2)18(23)16-17(13-8-10-15(22)11-9-13)21(20(25)19(16)24)14-6-4-3-5-7-14/h3-12,17,22,24H,1-2H3. The Kier molecular flexibility index (Phi) is 4.31. The second-order valence-corrected chi connectivity index (χ2v) is 6.29. The van der Waals surface area contributed by atoms with E-state index in [-0.39, 0.29) is 23.0 Å². The first kappa shape index (κ1) is 16.8. The number of amides is 1. The van der Waals surface area contributed by atoms with Crippen LogP contribution in [0.1, 0.15) is 25.5 Å². The van der Waals surface area contributed by atoms with Gasteiger partial charge >= 0.3 is 0 Å². The van der Waals surface area contributed by atoms with E-state index in [9.17, 15) is 19.8 Å². The molecule has 0 saturated heterocycles. The highest BCUT2D eigenvalue weighted by Gasteiger charge is 2.44. The first-order valence-electron chi connectivity index (χ1n) is 8.06. The van der Waals surface area contributed by atoms with Crippen LogP contribution in [0.5, 0.6) is 5.75 Å². The average molecular weight is 337 g/mol. The number of hydrogen-bond donors (Lipinski definition) is 2. The van der Waals surface area contributed by atoms with Crippen LogP contribution in [0.2, 0.25) is 0 Å². The van der Waals surface area contributed by atoms with Gasteiger partial charge in [0, 0.05) is 11.6 Å². The molecule has 0 bridgehead atoms. The van der Waals surface area contributed by atoms with Crippen molar-refractivity contribution in [1.29, 1.82) is 0 Å². The van der Waals surface area contributed by atoms with Crippen molar-refractivity contribution >= 4 is 17.4 Å². The summed E-state index contributed by atoms with van der Waals surface area (Å²) in [5.41, 5.74) is 1.32. The summed E-state index contributed by atoms with van der Waals surface area (Å²) >= 11 is 0. The minimum Gasteiger partial charge on any atom is -0.508 e. The summed E-state index contributed by atoms with van der Waals surface area (Å²) in [6.45, 7) is 3.46. The molecular formula is C20H19NO4. The van der Waals surface area contributed by atoms with Crippen molar-refractivity contribution in [2.75, 3.05) is 4.90 Å². The number of anilines is 1. The number of nitrogens with zero attached hydrogens (tertiary/aromatic N) is 1. The third-order valence-corrected chi connectivity index (χ3v) is 4.24. The van der Waals surface area contributed by atoms with Crippen LogP contribution in [0.3, 0.4) is 0 Å². The van der Waals surface area contributed by atoms with Gasteiger partial charge in [0.1, 0.15) is 5.75 Å². The molecule has 0 aliphatic carbocycles. The van der Waals surface area contributed by atoms with E-state index in [1.165, 1.54) is 17.0 Å². The van der Waals surface area contributed by atoms with Crippen LogP contribution in [0.25, 0.3) is 0 Å². The van der Waals surface area contributed by atoms with Gasteiger partial charge in [-0.1, -0.05) is 44.2 Å². The largest absolute Gasteiger partial charge is 0.508 e. The molecule has 1 aliphatic heterocycles. The molecule has 2 aromatic carbocycles. The Hall–Kier alpha value is -3.08. The lowest BCUT2D eigenvalue weighted by atomic mass is 9.91. The fourth-order valence-corrected chi connectivity index (χ4v) is 2.99. The summed E-state index contributed by atoms with van der Waals surface area (Å²) < 4.78 is 0. The quantitative estimate of drug-likeness (QED) is 0.895. The van der Waals surface area contributed by atoms with Crippen molar-refractivity contribution in [3.8, 4) is 5.75 Å². The van der Waals surface area contributed by atoms with E-state index in [0.29, 0.717) is 11.3 Å². The lowest BCUT2D eigenvalue weighted by molar-refractivity contribution is -0.119. The number of carbonyl (C=O) groups is 2. The van der Waals surface area contributed by atoms with Crippen LogP contribution in [-0.2, 0) is 9.59 Å². The number of ketones is 1. The molecule has 2 N–H and O–H groups in total. The van der Waals surface area contributed by atoms with E-state index >= 15 is 0 Å². The molecular weight excluding hydrogens is 318 g/mol. The molecule has 1 unspecified atom stereocenters. The molecule has 128 valence electrons. The smallest absolute Gasteiger partial charge is 0.294 e. The van der Waals surface area contributed by atoms with Crippen molar-refractivity contribution in [1.82, 2.24) is 0 Å². The third kappa shape index (κ3) is 2.89. The van der Waals surface area contributed by atoms with E-state index in [2.05, 4.69) is 0 Å². The number of rotatable bonds is 4. The number of aliphatic hydroxyl groups is 1. The lowest BCUT2D eigenvalue weighted by Crippen LogP contribution is -2.31. The van der Waals surface area contributed by atoms with Crippen molar-refractivity contribution in [3.63, 3.8) is 0 Å². The van der Waals surface area contributed by atoms with Gasteiger partial charge in [-0.2, -0.15) is 0 Å². The maximum absolute atomic E-state index is 12.7. The van der Waals surface area contributed by atoms with Crippen LogP contribution < -0.4 is 4.90 Å². The second kappa shape index (κ2) is 6.43. The summed E-state index contributed by atoms with van der Waals surface area (Å²) in [6, 6.07) is 14.5. The van der Waals surface area contributed by atoms with Gasteiger partial charge in [0.2, 0.25) is 0 Å². The molecule has 1 atom stereocenters. The van der Waals surface area contributed by atoms with E-state index in [0.717, 1.165) is 0 Å². The monoisotopic (exact) mass is 337 g/mol. The SMILES string of the molecule is CC(C)C(=O)C1=C(O)C(=O)N(c2ccccc2)C1c1ccc(O)cc1. The topological polar surface area (TPSA) is 77.8 Å². The Bertz CT molecular complexity index is 838. The number of Topliss-reactive ketones (excluding diaryl/α,β-unsaturated/α-hetero) is 1. The Morgan fingerprint density at radius 1 is 1.00 bits per heavy atom. The molecule has 0 saturated carbocycles. The number of phenols is 1. The predicted octanol–water partition coefficient (Wildman–Crippen LogP) is 3.52. The Balaban J connectivity index is 2.18. The molecule has 0 fully saturated rings. The van der Waals surface area contributed by atoms with Gasteiger partial charge in [-0.05, 0) is 29.8 Å². The van der Waals surface area contributed by atoms with E-state index in [1.807, 2.05) is 6.07 Å². The van der Waals surface area contributed by atoms with Gasteiger partial charge in [-0.3, -0.25) is 14.5 Å². The molecule has 25 heavy (non-hydrogen) atoms. The zero-order chi connectivity index (χ0) is 18.1. The van der Waals surface area contributed by atoms with Crippen LogP contribution in [0.4, 0.5) is 5.69 Å².